The van der Waals surface area contributed by atoms with E-state index in [-0.39, 0.29) is 19.0 Å². The fourth-order valence-electron chi connectivity index (χ4n) is 2.07. The van der Waals surface area contributed by atoms with E-state index in [9.17, 15) is 4.79 Å². The van der Waals surface area contributed by atoms with Gasteiger partial charge in [-0.15, -0.1) is 10.2 Å². The van der Waals surface area contributed by atoms with Gasteiger partial charge in [-0.05, 0) is 17.5 Å². The maximum absolute atomic E-state index is 11.9. The number of aryl methyl sites for hydroxylation is 1. The van der Waals surface area contributed by atoms with Gasteiger partial charge in [0.25, 0.3) is 0 Å². The third-order valence-electron chi connectivity index (χ3n) is 3.00. The highest BCUT2D eigenvalue weighted by Crippen LogP contribution is 2.14. The van der Waals surface area contributed by atoms with Gasteiger partial charge in [0.05, 0.1) is 6.54 Å². The van der Waals surface area contributed by atoms with Crippen molar-refractivity contribution in [1.29, 1.82) is 0 Å². The zero-order valence-corrected chi connectivity index (χ0v) is 11.0. The Hall–Kier alpha value is -2.63. The molecular weight excluding hydrogens is 256 g/mol. The molecule has 6 nitrogen and oxygen atoms in total. The molecule has 0 spiro atoms. The van der Waals surface area contributed by atoms with E-state index in [1.54, 1.807) is 6.92 Å². The molecule has 0 saturated carbocycles. The molecule has 6 heteroatoms. The Morgan fingerprint density at radius 3 is 2.95 bits per heavy atom. The number of para-hydroxylation sites is 1. The van der Waals surface area contributed by atoms with Gasteiger partial charge in [0.1, 0.15) is 6.54 Å². The first kappa shape index (κ1) is 12.4. The van der Waals surface area contributed by atoms with Crippen LogP contribution in [0.2, 0.25) is 0 Å². The molecule has 0 fully saturated rings. The number of rotatable bonds is 4. The smallest absolute Gasteiger partial charge is 0.240 e. The predicted molar refractivity (Wildman–Crippen MR) is 72.8 cm³/mol. The molecule has 0 unspecified atom stereocenters. The number of amides is 1. The zero-order valence-electron chi connectivity index (χ0n) is 11.0. The lowest BCUT2D eigenvalue weighted by molar-refractivity contribution is -0.121. The maximum atomic E-state index is 11.9. The van der Waals surface area contributed by atoms with Crippen LogP contribution in [0.15, 0.2) is 40.9 Å². The molecule has 2 heterocycles. The summed E-state index contributed by atoms with van der Waals surface area (Å²) in [5, 5.41) is 11.4. The van der Waals surface area contributed by atoms with Gasteiger partial charge in [-0.25, -0.2) is 0 Å². The lowest BCUT2D eigenvalue weighted by Crippen LogP contribution is -2.26. The average molecular weight is 270 g/mol. The molecular formula is C14H14N4O2. The Morgan fingerprint density at radius 2 is 2.15 bits per heavy atom. The molecule has 0 aliphatic carbocycles. The summed E-state index contributed by atoms with van der Waals surface area (Å²) >= 11 is 0. The normalized spacial score (nSPS) is 10.8. The van der Waals surface area contributed by atoms with Crippen LogP contribution in [0.1, 0.15) is 11.8 Å². The van der Waals surface area contributed by atoms with Crippen molar-refractivity contribution in [2.75, 3.05) is 0 Å². The van der Waals surface area contributed by atoms with Crippen molar-refractivity contribution in [1.82, 2.24) is 20.1 Å². The first-order valence-electron chi connectivity index (χ1n) is 6.32. The molecule has 0 bridgehead atoms. The van der Waals surface area contributed by atoms with Gasteiger partial charge in [-0.3, -0.25) is 4.79 Å². The quantitative estimate of drug-likeness (QED) is 0.782. The molecule has 102 valence electrons. The van der Waals surface area contributed by atoms with Gasteiger partial charge < -0.3 is 14.3 Å². The third-order valence-corrected chi connectivity index (χ3v) is 3.00. The Morgan fingerprint density at radius 1 is 1.30 bits per heavy atom. The van der Waals surface area contributed by atoms with Crippen molar-refractivity contribution < 1.29 is 9.21 Å². The van der Waals surface area contributed by atoms with E-state index in [0.717, 1.165) is 10.9 Å². The summed E-state index contributed by atoms with van der Waals surface area (Å²) in [5.74, 6) is 0.807. The number of carbonyl (C=O) groups excluding carboxylic acids is 1. The molecule has 1 aromatic carbocycles. The minimum absolute atomic E-state index is 0.0952. The summed E-state index contributed by atoms with van der Waals surface area (Å²) in [6.07, 6.45) is 1.90. The van der Waals surface area contributed by atoms with Crippen LogP contribution in [0.5, 0.6) is 0 Å². The van der Waals surface area contributed by atoms with Crippen molar-refractivity contribution in [3.63, 3.8) is 0 Å². The number of hydrogen-bond acceptors (Lipinski definition) is 4. The summed E-state index contributed by atoms with van der Waals surface area (Å²) in [4.78, 5) is 11.9. The van der Waals surface area contributed by atoms with Gasteiger partial charge in [0, 0.05) is 18.6 Å². The van der Waals surface area contributed by atoms with Crippen molar-refractivity contribution in [3.05, 3.63) is 48.3 Å². The highest BCUT2D eigenvalue weighted by molar-refractivity contribution is 5.83. The maximum Gasteiger partial charge on any atom is 0.240 e. The van der Waals surface area contributed by atoms with E-state index in [1.807, 2.05) is 41.1 Å². The Balaban J connectivity index is 1.64. The molecule has 20 heavy (non-hydrogen) atoms. The zero-order chi connectivity index (χ0) is 13.9. The fraction of sp³-hybridized carbons (Fsp3) is 0.214. The predicted octanol–water partition coefficient (Wildman–Crippen LogP) is 1.65. The fourth-order valence-corrected chi connectivity index (χ4v) is 2.07. The van der Waals surface area contributed by atoms with Crippen LogP contribution in [-0.4, -0.2) is 20.7 Å². The van der Waals surface area contributed by atoms with Crippen LogP contribution in [0, 0.1) is 6.92 Å². The van der Waals surface area contributed by atoms with Crippen molar-refractivity contribution >= 4 is 16.8 Å². The highest BCUT2D eigenvalue weighted by Gasteiger charge is 2.08. The van der Waals surface area contributed by atoms with Gasteiger partial charge in [0.2, 0.25) is 17.7 Å². The summed E-state index contributed by atoms with van der Waals surface area (Å²) in [6, 6.07) is 9.93. The number of carbonyl (C=O) groups is 1. The highest BCUT2D eigenvalue weighted by atomic mass is 16.4. The Bertz CT molecular complexity index is 744. The second kappa shape index (κ2) is 5.16. The van der Waals surface area contributed by atoms with Crippen LogP contribution in [0.25, 0.3) is 10.9 Å². The van der Waals surface area contributed by atoms with Crippen LogP contribution < -0.4 is 5.32 Å². The third kappa shape index (κ3) is 2.54. The number of benzene rings is 1. The lowest BCUT2D eigenvalue weighted by atomic mass is 10.2. The number of fused-ring (bicyclic) bond motifs is 1. The molecule has 0 radical (unpaired) electrons. The summed E-state index contributed by atoms with van der Waals surface area (Å²) < 4.78 is 7.10. The minimum Gasteiger partial charge on any atom is -0.424 e. The Labute approximate surface area is 115 Å². The Kier molecular flexibility index (Phi) is 3.20. The second-order valence-electron chi connectivity index (χ2n) is 4.49. The van der Waals surface area contributed by atoms with Crippen LogP contribution in [0.4, 0.5) is 0 Å². The largest absolute Gasteiger partial charge is 0.424 e. The van der Waals surface area contributed by atoms with Crippen molar-refractivity contribution in [2.45, 2.75) is 20.0 Å². The molecule has 0 atom stereocenters. The van der Waals surface area contributed by atoms with E-state index in [4.69, 9.17) is 4.42 Å². The molecule has 0 saturated heterocycles. The first-order chi connectivity index (χ1) is 9.72. The number of aromatic nitrogens is 3. The molecule has 1 amide bonds. The molecule has 0 aliphatic rings. The van der Waals surface area contributed by atoms with Gasteiger partial charge in [-0.1, -0.05) is 18.2 Å². The van der Waals surface area contributed by atoms with Crippen LogP contribution >= 0.6 is 0 Å². The van der Waals surface area contributed by atoms with E-state index < -0.39 is 0 Å². The molecule has 3 rings (SSSR count). The van der Waals surface area contributed by atoms with Gasteiger partial charge >= 0.3 is 0 Å². The topological polar surface area (TPSA) is 73.0 Å². The van der Waals surface area contributed by atoms with Crippen LogP contribution in [-0.2, 0) is 17.9 Å². The van der Waals surface area contributed by atoms with E-state index >= 15 is 0 Å². The van der Waals surface area contributed by atoms with Crippen molar-refractivity contribution in [3.8, 4) is 0 Å². The average Bonchev–Trinajstić information content (AvgIpc) is 3.04. The number of nitrogens with zero attached hydrogens (tertiary/aromatic N) is 3. The molecule has 2 aromatic heterocycles. The SMILES string of the molecule is Cc1nnc(CNC(=O)Cn2ccc3ccccc32)o1. The summed E-state index contributed by atoms with van der Waals surface area (Å²) in [7, 11) is 0. The first-order valence-corrected chi connectivity index (χ1v) is 6.32. The minimum atomic E-state index is -0.0952. The second-order valence-corrected chi connectivity index (χ2v) is 4.49. The van der Waals surface area contributed by atoms with Gasteiger partial charge in [-0.2, -0.15) is 0 Å². The lowest BCUT2D eigenvalue weighted by Gasteiger charge is -2.05. The van der Waals surface area contributed by atoms with Gasteiger partial charge in [0.15, 0.2) is 0 Å². The molecule has 0 aliphatic heterocycles. The molecule has 3 aromatic rings. The van der Waals surface area contributed by atoms with E-state index in [0.29, 0.717) is 11.8 Å². The van der Waals surface area contributed by atoms with Crippen LogP contribution in [0.3, 0.4) is 0 Å². The number of hydrogen-bond donors (Lipinski definition) is 1. The monoisotopic (exact) mass is 270 g/mol. The number of nitrogens with one attached hydrogen (secondary N) is 1. The molecule has 1 N–H and O–H groups in total. The summed E-state index contributed by atoms with van der Waals surface area (Å²) in [6.45, 7) is 2.23. The van der Waals surface area contributed by atoms with E-state index in [1.165, 1.54) is 0 Å². The van der Waals surface area contributed by atoms with Crippen molar-refractivity contribution in [2.24, 2.45) is 0 Å². The summed E-state index contributed by atoms with van der Waals surface area (Å²) in [5.41, 5.74) is 1.04. The standard InChI is InChI=1S/C14H14N4O2/c1-10-16-17-14(20-10)8-15-13(19)9-18-7-6-11-4-2-3-5-12(11)18/h2-7H,8-9H2,1H3,(H,15,19). The van der Waals surface area contributed by atoms with E-state index in [2.05, 4.69) is 15.5 Å².